The molecular formula is C35H39Cl2N3O6. The van der Waals surface area contributed by atoms with Crippen molar-refractivity contribution in [1.82, 2.24) is 9.80 Å². The van der Waals surface area contributed by atoms with Gasteiger partial charge in [0, 0.05) is 23.9 Å². The number of imide groups is 1. The number of hydrogen-bond donors (Lipinski definition) is 1. The third-order valence-corrected chi connectivity index (χ3v) is 10.3. The van der Waals surface area contributed by atoms with E-state index in [0.717, 1.165) is 37.2 Å². The molecule has 2 N–H and O–H groups in total. The number of nitrogens with zero attached hydrogens (tertiary/aromatic N) is 2. The fraction of sp³-hybridized carbons (Fsp3) is 0.400. The Morgan fingerprint density at radius 2 is 1.52 bits per heavy atom. The van der Waals surface area contributed by atoms with E-state index < -0.39 is 16.7 Å². The molecule has 1 unspecified atom stereocenters. The van der Waals surface area contributed by atoms with Crippen molar-refractivity contribution in [1.29, 1.82) is 0 Å². The summed E-state index contributed by atoms with van der Waals surface area (Å²) in [5, 5.41) is 0.806. The van der Waals surface area contributed by atoms with Crippen LogP contribution in [-0.2, 0) is 20.4 Å². The Bertz CT molecular complexity index is 1580. The summed E-state index contributed by atoms with van der Waals surface area (Å²) in [6, 6.07) is 18.3. The molecule has 0 bridgehead atoms. The molecule has 2 aliphatic heterocycles. The topological polar surface area (TPSA) is 111 Å². The molecule has 1 atom stereocenters. The van der Waals surface area contributed by atoms with Crippen molar-refractivity contribution in [2.24, 2.45) is 5.73 Å². The number of amides is 3. The van der Waals surface area contributed by atoms with Crippen LogP contribution in [0.5, 0.6) is 17.2 Å². The molecule has 2 saturated heterocycles. The summed E-state index contributed by atoms with van der Waals surface area (Å²) in [5.74, 6) is -0.0291. The molecule has 2 aliphatic rings. The lowest BCUT2D eigenvalue weighted by Crippen LogP contribution is -2.50. The maximum Gasteiger partial charge on any atom is 0.260 e. The smallest absolute Gasteiger partial charge is 0.260 e. The zero-order valence-corrected chi connectivity index (χ0v) is 27.8. The van der Waals surface area contributed by atoms with Gasteiger partial charge in [0.1, 0.15) is 0 Å². The van der Waals surface area contributed by atoms with Crippen LogP contribution in [0.2, 0.25) is 10.0 Å². The van der Waals surface area contributed by atoms with Crippen LogP contribution in [0, 0.1) is 0 Å². The molecule has 11 heteroatoms. The fourth-order valence-electron chi connectivity index (χ4n) is 6.94. The molecule has 244 valence electrons. The average molecular weight is 669 g/mol. The molecule has 3 amide bonds. The van der Waals surface area contributed by atoms with Gasteiger partial charge in [-0.05, 0) is 80.7 Å². The third kappa shape index (κ3) is 6.41. The van der Waals surface area contributed by atoms with Gasteiger partial charge >= 0.3 is 0 Å². The molecule has 3 aromatic carbocycles. The Morgan fingerprint density at radius 1 is 0.870 bits per heavy atom. The average Bonchev–Trinajstić information content (AvgIpc) is 3.42. The second-order valence-electron chi connectivity index (χ2n) is 12.0. The Hall–Kier alpha value is -3.79. The number of likely N-dealkylation sites (tertiary alicyclic amines) is 2. The molecule has 2 fully saturated rings. The number of methoxy groups -OCH3 is 3. The van der Waals surface area contributed by atoms with Crippen LogP contribution in [0.25, 0.3) is 0 Å². The largest absolute Gasteiger partial charge is 0.493 e. The number of piperidine rings is 1. The molecule has 0 radical (unpaired) electrons. The van der Waals surface area contributed by atoms with Gasteiger partial charge in [-0.1, -0.05) is 59.6 Å². The lowest BCUT2D eigenvalue weighted by atomic mass is 9.72. The van der Waals surface area contributed by atoms with Gasteiger partial charge in [-0.2, -0.15) is 0 Å². The van der Waals surface area contributed by atoms with Crippen molar-refractivity contribution in [3.63, 3.8) is 0 Å². The van der Waals surface area contributed by atoms with Crippen molar-refractivity contribution in [3.05, 3.63) is 87.4 Å². The van der Waals surface area contributed by atoms with Gasteiger partial charge in [0.05, 0.1) is 36.8 Å². The number of primary amides is 1. The van der Waals surface area contributed by atoms with Crippen LogP contribution in [0.15, 0.2) is 60.7 Å². The number of ether oxygens (including phenoxy) is 3. The lowest BCUT2D eigenvalue weighted by molar-refractivity contribution is -0.126. The van der Waals surface area contributed by atoms with E-state index in [-0.39, 0.29) is 30.3 Å². The predicted molar refractivity (Wildman–Crippen MR) is 177 cm³/mol. The van der Waals surface area contributed by atoms with Gasteiger partial charge in [0.25, 0.3) is 5.91 Å². The van der Waals surface area contributed by atoms with Crippen molar-refractivity contribution >= 4 is 40.9 Å². The molecule has 3 aromatic rings. The number of rotatable bonds is 11. The number of carbonyl (C=O) groups is 3. The monoisotopic (exact) mass is 667 g/mol. The molecule has 46 heavy (non-hydrogen) atoms. The first kappa shape index (κ1) is 33.6. The van der Waals surface area contributed by atoms with Gasteiger partial charge in [0.2, 0.25) is 17.6 Å². The minimum absolute atomic E-state index is 0.139. The van der Waals surface area contributed by atoms with Gasteiger partial charge in [-0.3, -0.25) is 19.3 Å². The molecule has 9 nitrogen and oxygen atoms in total. The minimum atomic E-state index is -0.676. The summed E-state index contributed by atoms with van der Waals surface area (Å²) in [5.41, 5.74) is 6.66. The summed E-state index contributed by atoms with van der Waals surface area (Å²) in [4.78, 5) is 43.7. The Morgan fingerprint density at radius 3 is 2.09 bits per heavy atom. The van der Waals surface area contributed by atoms with Gasteiger partial charge in [-0.15, -0.1) is 0 Å². The van der Waals surface area contributed by atoms with Crippen LogP contribution >= 0.6 is 23.2 Å². The standard InChI is InChI=1S/C35H39Cl2N3O6/c1-44-28-18-23(19-29(45-2)31(28)46-3)32(42)40-22-34(21-30(40)41,25-10-11-26(36)27(37)20-25)12-7-15-39-16-13-35(14-17-39,33(38)43)24-8-5-4-6-9-24/h4-6,8-11,18-20H,7,12-17,21-22H2,1-3H3,(H2,38,43). The number of nitrogens with two attached hydrogens (primary N) is 1. The molecular weight excluding hydrogens is 629 g/mol. The van der Waals surface area contributed by atoms with Gasteiger partial charge in [-0.25, -0.2) is 0 Å². The molecule has 0 aromatic heterocycles. The van der Waals surface area contributed by atoms with E-state index in [0.29, 0.717) is 46.6 Å². The Kier molecular flexibility index (Phi) is 10.2. The van der Waals surface area contributed by atoms with Crippen molar-refractivity contribution < 1.29 is 28.6 Å². The van der Waals surface area contributed by atoms with E-state index in [2.05, 4.69) is 4.90 Å². The first-order valence-electron chi connectivity index (χ1n) is 15.3. The van der Waals surface area contributed by atoms with E-state index in [9.17, 15) is 14.4 Å². The number of halogens is 2. The van der Waals surface area contributed by atoms with E-state index in [1.807, 2.05) is 36.4 Å². The summed E-state index contributed by atoms with van der Waals surface area (Å²) < 4.78 is 16.3. The highest BCUT2D eigenvalue weighted by atomic mass is 35.5. The second-order valence-corrected chi connectivity index (χ2v) is 12.9. The highest BCUT2D eigenvalue weighted by Crippen LogP contribution is 2.44. The summed E-state index contributed by atoms with van der Waals surface area (Å²) in [7, 11) is 4.43. The fourth-order valence-corrected chi connectivity index (χ4v) is 7.24. The molecule has 2 heterocycles. The zero-order chi connectivity index (χ0) is 33.1. The third-order valence-electron chi connectivity index (χ3n) is 9.58. The Labute approximate surface area is 279 Å². The maximum absolute atomic E-state index is 13.8. The van der Waals surface area contributed by atoms with Crippen molar-refractivity contribution in [2.45, 2.75) is 42.9 Å². The van der Waals surface area contributed by atoms with Crippen LogP contribution in [-0.4, -0.2) is 75.0 Å². The van der Waals surface area contributed by atoms with E-state index in [1.54, 1.807) is 24.3 Å². The minimum Gasteiger partial charge on any atom is -0.493 e. The summed E-state index contributed by atoms with van der Waals surface area (Å²) in [6.45, 7) is 2.39. The van der Waals surface area contributed by atoms with Crippen LogP contribution in [0.4, 0.5) is 0 Å². The van der Waals surface area contributed by atoms with E-state index in [1.165, 1.54) is 26.2 Å². The van der Waals surface area contributed by atoms with Crippen molar-refractivity contribution in [2.75, 3.05) is 47.5 Å². The van der Waals surface area contributed by atoms with E-state index in [4.69, 9.17) is 43.1 Å². The number of benzene rings is 3. The highest BCUT2D eigenvalue weighted by Gasteiger charge is 2.47. The van der Waals surface area contributed by atoms with Crippen molar-refractivity contribution in [3.8, 4) is 17.2 Å². The summed E-state index contributed by atoms with van der Waals surface area (Å²) in [6.07, 6.45) is 2.81. The quantitative estimate of drug-likeness (QED) is 0.264. The van der Waals surface area contributed by atoms with Gasteiger partial charge < -0.3 is 24.8 Å². The lowest BCUT2D eigenvalue weighted by Gasteiger charge is -2.40. The van der Waals surface area contributed by atoms with Gasteiger partial charge in [0.15, 0.2) is 11.5 Å². The molecule has 0 saturated carbocycles. The second kappa shape index (κ2) is 13.9. The van der Waals surface area contributed by atoms with Crippen LogP contribution in [0.1, 0.15) is 53.6 Å². The van der Waals surface area contributed by atoms with Crippen LogP contribution in [0.3, 0.4) is 0 Å². The molecule has 0 spiro atoms. The zero-order valence-electron chi connectivity index (χ0n) is 26.3. The predicted octanol–water partition coefficient (Wildman–Crippen LogP) is 5.63. The Balaban J connectivity index is 1.35. The first-order chi connectivity index (χ1) is 22.1. The maximum atomic E-state index is 13.8. The molecule has 0 aliphatic carbocycles. The highest BCUT2D eigenvalue weighted by molar-refractivity contribution is 6.42. The van der Waals surface area contributed by atoms with E-state index >= 15 is 0 Å². The normalized spacial score (nSPS) is 19.6. The number of carbonyl (C=O) groups excluding carboxylic acids is 3. The summed E-state index contributed by atoms with van der Waals surface area (Å²) >= 11 is 12.7. The van der Waals surface area contributed by atoms with Crippen LogP contribution < -0.4 is 19.9 Å². The number of hydrogen-bond acceptors (Lipinski definition) is 7. The molecule has 5 rings (SSSR count). The first-order valence-corrected chi connectivity index (χ1v) is 16.0. The SMILES string of the molecule is COc1cc(C(=O)N2CC(CCCN3CCC(C(N)=O)(c4ccccc4)CC3)(c3ccc(Cl)c(Cl)c3)CC2=O)cc(OC)c1OC.